The summed E-state index contributed by atoms with van der Waals surface area (Å²) in [6.45, 7) is 4.30. The Labute approximate surface area is 388 Å². The zero-order valence-electron chi connectivity index (χ0n) is 41.9. The second-order valence-electron chi connectivity index (χ2n) is 19.0. The number of carbonyl (C=O) groups excluding carboxylic acids is 1. The van der Waals surface area contributed by atoms with Crippen molar-refractivity contribution in [2.75, 3.05) is 6.61 Å². The minimum absolute atomic E-state index is 0.0723. The molecule has 364 valence electrons. The van der Waals surface area contributed by atoms with Crippen LogP contribution >= 0.6 is 0 Å². The first-order valence-corrected chi connectivity index (χ1v) is 27.9. The van der Waals surface area contributed by atoms with Gasteiger partial charge in [0, 0.05) is 6.42 Å². The van der Waals surface area contributed by atoms with Gasteiger partial charge in [-0.3, -0.25) is 4.79 Å². The maximum Gasteiger partial charge on any atom is 0.220 e. The van der Waals surface area contributed by atoms with Gasteiger partial charge in [-0.2, -0.15) is 0 Å². The molecule has 0 aliphatic heterocycles. The van der Waals surface area contributed by atoms with Gasteiger partial charge in [-0.1, -0.05) is 274 Å². The van der Waals surface area contributed by atoms with Gasteiger partial charge in [0.05, 0.1) is 18.8 Å². The topological polar surface area (TPSA) is 69.6 Å². The lowest BCUT2D eigenvalue weighted by atomic mass is 10.0. The number of amides is 1. The summed E-state index contributed by atoms with van der Waals surface area (Å²) in [4.78, 5) is 12.4. The normalized spacial score (nSPS) is 13.2. The molecule has 2 atom stereocenters. The van der Waals surface area contributed by atoms with Gasteiger partial charge in [0.2, 0.25) is 5.91 Å². The number of carbonyl (C=O) groups is 1. The second kappa shape index (κ2) is 53.7. The van der Waals surface area contributed by atoms with E-state index in [1.807, 2.05) is 6.08 Å². The van der Waals surface area contributed by atoms with Gasteiger partial charge in [0.25, 0.3) is 0 Å². The lowest BCUT2D eigenvalue weighted by Gasteiger charge is -2.19. The van der Waals surface area contributed by atoms with E-state index in [0.29, 0.717) is 6.42 Å². The molecule has 0 saturated carbocycles. The third-order valence-electron chi connectivity index (χ3n) is 12.8. The van der Waals surface area contributed by atoms with E-state index in [0.717, 1.165) is 38.5 Å². The van der Waals surface area contributed by atoms with Crippen LogP contribution in [0.15, 0.2) is 48.6 Å². The van der Waals surface area contributed by atoms with Gasteiger partial charge >= 0.3 is 0 Å². The highest BCUT2D eigenvalue weighted by molar-refractivity contribution is 5.76. The summed E-state index contributed by atoms with van der Waals surface area (Å²) in [5.74, 6) is -0.0723. The molecule has 2 unspecified atom stereocenters. The molecule has 0 heterocycles. The summed E-state index contributed by atoms with van der Waals surface area (Å²) < 4.78 is 0. The van der Waals surface area contributed by atoms with E-state index in [1.54, 1.807) is 6.08 Å². The lowest BCUT2D eigenvalue weighted by molar-refractivity contribution is -0.123. The first kappa shape index (κ1) is 60.4. The van der Waals surface area contributed by atoms with Crippen LogP contribution in [0.5, 0.6) is 0 Å². The number of aliphatic hydroxyl groups is 2. The molecule has 0 aliphatic rings. The van der Waals surface area contributed by atoms with Crippen LogP contribution < -0.4 is 5.32 Å². The predicted molar refractivity (Wildman–Crippen MR) is 276 cm³/mol. The summed E-state index contributed by atoms with van der Waals surface area (Å²) in [7, 11) is 0. The Kier molecular flexibility index (Phi) is 52.3. The van der Waals surface area contributed by atoms with Crippen LogP contribution in [0.2, 0.25) is 0 Å². The molecule has 0 aliphatic carbocycles. The van der Waals surface area contributed by atoms with E-state index in [9.17, 15) is 15.0 Å². The van der Waals surface area contributed by atoms with Gasteiger partial charge in [0.1, 0.15) is 0 Å². The largest absolute Gasteiger partial charge is 0.394 e. The van der Waals surface area contributed by atoms with Gasteiger partial charge in [-0.15, -0.1) is 0 Å². The molecular formula is C58H109NO3. The third kappa shape index (κ3) is 49.4. The standard InChI is InChI=1S/C58H109NO3/c1-3-5-7-9-11-13-15-17-18-19-20-21-22-23-24-25-26-27-28-29-30-31-32-33-34-35-36-37-38-39-40-42-44-46-48-50-52-54-58(62)59-56(55-60)57(61)53-51-49-47-45-43-41-16-14-12-10-8-6-4-2/h24-25,27-28,43,45,51,53,56-57,60-61H,3-23,26,29-42,44,46-50,52,54-55H2,1-2H3,(H,59,62)/b25-24-,28-27-,45-43+,53-51+. The van der Waals surface area contributed by atoms with E-state index in [1.165, 1.54) is 238 Å². The summed E-state index contributed by atoms with van der Waals surface area (Å²) in [6, 6.07) is -0.638. The monoisotopic (exact) mass is 868 g/mol. The van der Waals surface area contributed by atoms with Crippen LogP contribution in [0.25, 0.3) is 0 Å². The summed E-state index contributed by atoms with van der Waals surface area (Å²) in [5, 5.41) is 23.0. The second-order valence-corrected chi connectivity index (χ2v) is 19.0. The Morgan fingerprint density at radius 1 is 0.387 bits per heavy atom. The summed E-state index contributed by atoms with van der Waals surface area (Å²) in [6.07, 6.45) is 74.3. The number of nitrogens with one attached hydrogen (secondary N) is 1. The molecule has 0 fully saturated rings. The molecule has 4 heteroatoms. The first-order chi connectivity index (χ1) is 30.7. The maximum atomic E-state index is 12.4. The van der Waals surface area contributed by atoms with Gasteiger partial charge in [-0.05, 0) is 64.2 Å². The molecule has 0 aromatic carbocycles. The first-order valence-electron chi connectivity index (χ1n) is 27.9. The molecule has 0 rings (SSSR count). The Balaban J connectivity index is 3.44. The van der Waals surface area contributed by atoms with E-state index >= 15 is 0 Å². The lowest BCUT2D eigenvalue weighted by Crippen LogP contribution is -2.45. The SMILES string of the molecule is CCCCCCCCC/C=C/CC/C=C/C(O)C(CO)NC(=O)CCCCCCCCCCCCCCCCCCC/C=C\C/C=C\CCCCCCCCCCCCCCC. The number of hydrogen-bond acceptors (Lipinski definition) is 3. The highest BCUT2D eigenvalue weighted by Gasteiger charge is 2.18. The van der Waals surface area contributed by atoms with Crippen LogP contribution in [-0.4, -0.2) is 34.9 Å². The molecule has 0 radical (unpaired) electrons. The highest BCUT2D eigenvalue weighted by Crippen LogP contribution is 2.16. The van der Waals surface area contributed by atoms with Crippen molar-refractivity contribution in [3.05, 3.63) is 48.6 Å². The molecule has 0 aromatic rings. The third-order valence-corrected chi connectivity index (χ3v) is 12.8. The van der Waals surface area contributed by atoms with Crippen molar-refractivity contribution in [1.29, 1.82) is 0 Å². The predicted octanol–water partition coefficient (Wildman–Crippen LogP) is 18.3. The summed E-state index contributed by atoms with van der Waals surface area (Å²) in [5.41, 5.74) is 0. The Morgan fingerprint density at radius 2 is 0.677 bits per heavy atom. The summed E-state index contributed by atoms with van der Waals surface area (Å²) >= 11 is 0. The number of hydrogen-bond donors (Lipinski definition) is 3. The van der Waals surface area contributed by atoms with E-state index in [4.69, 9.17) is 0 Å². The zero-order valence-corrected chi connectivity index (χ0v) is 41.9. The van der Waals surface area contributed by atoms with E-state index in [2.05, 4.69) is 55.6 Å². The molecule has 0 aromatic heterocycles. The molecular weight excluding hydrogens is 759 g/mol. The smallest absolute Gasteiger partial charge is 0.220 e. The Bertz CT molecular complexity index is 985. The fourth-order valence-electron chi connectivity index (χ4n) is 8.52. The van der Waals surface area contributed by atoms with Crippen molar-refractivity contribution in [3.8, 4) is 0 Å². The van der Waals surface area contributed by atoms with Crippen LogP contribution in [0.1, 0.15) is 296 Å². The highest BCUT2D eigenvalue weighted by atomic mass is 16.3. The van der Waals surface area contributed by atoms with Crippen molar-refractivity contribution in [3.63, 3.8) is 0 Å². The Morgan fingerprint density at radius 3 is 1.03 bits per heavy atom. The quantitative estimate of drug-likeness (QED) is 0.0421. The maximum absolute atomic E-state index is 12.4. The minimum Gasteiger partial charge on any atom is -0.394 e. The number of rotatable bonds is 51. The van der Waals surface area contributed by atoms with Crippen molar-refractivity contribution >= 4 is 5.91 Å². The minimum atomic E-state index is -0.861. The van der Waals surface area contributed by atoms with Crippen LogP contribution in [0.4, 0.5) is 0 Å². The molecule has 4 nitrogen and oxygen atoms in total. The van der Waals surface area contributed by atoms with Crippen LogP contribution in [-0.2, 0) is 4.79 Å². The molecule has 0 spiro atoms. The molecule has 0 bridgehead atoms. The van der Waals surface area contributed by atoms with E-state index < -0.39 is 12.1 Å². The van der Waals surface area contributed by atoms with Crippen molar-refractivity contribution in [2.24, 2.45) is 0 Å². The fourth-order valence-corrected chi connectivity index (χ4v) is 8.52. The van der Waals surface area contributed by atoms with Crippen LogP contribution in [0, 0.1) is 0 Å². The Hall–Kier alpha value is -1.65. The van der Waals surface area contributed by atoms with Crippen molar-refractivity contribution in [2.45, 2.75) is 309 Å². The van der Waals surface area contributed by atoms with Crippen molar-refractivity contribution in [1.82, 2.24) is 5.32 Å². The molecule has 0 saturated heterocycles. The van der Waals surface area contributed by atoms with Crippen LogP contribution in [0.3, 0.4) is 0 Å². The van der Waals surface area contributed by atoms with Gasteiger partial charge in [0.15, 0.2) is 0 Å². The fraction of sp³-hybridized carbons (Fsp3) is 0.845. The molecule has 1 amide bonds. The number of aliphatic hydroxyl groups excluding tert-OH is 2. The van der Waals surface area contributed by atoms with E-state index in [-0.39, 0.29) is 12.5 Å². The number of unbranched alkanes of at least 4 members (excludes halogenated alkanes) is 38. The van der Waals surface area contributed by atoms with Crippen molar-refractivity contribution < 1.29 is 15.0 Å². The number of allylic oxidation sites excluding steroid dienone is 7. The van der Waals surface area contributed by atoms with Gasteiger partial charge in [-0.25, -0.2) is 0 Å². The molecule has 62 heavy (non-hydrogen) atoms. The molecule has 3 N–H and O–H groups in total. The van der Waals surface area contributed by atoms with Gasteiger partial charge < -0.3 is 15.5 Å². The zero-order chi connectivity index (χ0) is 44.9. The average Bonchev–Trinajstić information content (AvgIpc) is 3.28. The average molecular weight is 869 g/mol.